The summed E-state index contributed by atoms with van der Waals surface area (Å²) in [5.74, 6) is -1.06. The second-order valence-corrected chi connectivity index (χ2v) is 7.75. The van der Waals surface area contributed by atoms with Crippen LogP contribution in [-0.2, 0) is 20.1 Å². The molecule has 0 aliphatic heterocycles. The van der Waals surface area contributed by atoms with Crippen LogP contribution in [0.2, 0.25) is 0 Å². The van der Waals surface area contributed by atoms with E-state index >= 15 is 0 Å². The van der Waals surface area contributed by atoms with E-state index < -0.39 is 5.97 Å². The summed E-state index contributed by atoms with van der Waals surface area (Å²) >= 11 is 0. The van der Waals surface area contributed by atoms with Gasteiger partial charge < -0.3 is 15.3 Å². The number of carboxylic acid groups (broad SMARTS) is 1. The van der Waals surface area contributed by atoms with Gasteiger partial charge in [0, 0.05) is 36.8 Å². The third-order valence-electron chi connectivity index (χ3n) is 5.50. The second kappa shape index (κ2) is 10.5. The number of aromatic carboxylic acids is 1. The number of rotatable bonds is 5. The largest absolute Gasteiger partial charge is 0.507 e. The number of aromatic hydroxyl groups is 2. The summed E-state index contributed by atoms with van der Waals surface area (Å²) in [6.45, 7) is 0. The average Bonchev–Trinajstić information content (AvgIpc) is 2.89. The SMILES string of the molecule is O=C(O)c1cccc(-c2cccc(-c3cccc(-c4cccc(-c5ccccc5O)n4)n3)c2O)n1.[Ir]. The molecule has 2 aromatic carbocycles. The predicted molar refractivity (Wildman–Crippen MR) is 132 cm³/mol. The molecule has 3 heterocycles. The number of aromatic nitrogens is 3. The van der Waals surface area contributed by atoms with E-state index in [2.05, 4.69) is 9.97 Å². The van der Waals surface area contributed by atoms with E-state index in [0.29, 0.717) is 45.2 Å². The minimum absolute atomic E-state index is 0. The summed E-state index contributed by atoms with van der Waals surface area (Å²) in [4.78, 5) is 24.8. The molecule has 0 aliphatic carbocycles. The van der Waals surface area contributed by atoms with Crippen LogP contribution in [0.3, 0.4) is 0 Å². The fourth-order valence-electron chi connectivity index (χ4n) is 3.81. The zero-order valence-electron chi connectivity index (χ0n) is 18.7. The first kappa shape index (κ1) is 24.7. The fraction of sp³-hybridized carbons (Fsp3) is 0. The van der Waals surface area contributed by atoms with Crippen molar-refractivity contribution in [2.45, 2.75) is 0 Å². The Kier molecular flexibility index (Phi) is 7.20. The van der Waals surface area contributed by atoms with Crippen LogP contribution in [0.4, 0.5) is 0 Å². The van der Waals surface area contributed by atoms with Crippen LogP contribution in [0.5, 0.6) is 11.5 Å². The molecule has 0 atom stereocenters. The standard InChI is InChI=1S/C28H19N3O4.Ir/c32-26-16-2-1-7-17(26)20-10-4-13-23(29-20)24-14-5-11-21(30-24)18-8-3-9-19(27(18)33)22-12-6-15-25(31-22)28(34)35;/h1-16,32-33H,(H,34,35);. The number of nitrogens with zero attached hydrogens (tertiary/aromatic N) is 3. The van der Waals surface area contributed by atoms with Gasteiger partial charge >= 0.3 is 5.97 Å². The van der Waals surface area contributed by atoms with Crippen molar-refractivity contribution in [1.82, 2.24) is 15.0 Å². The van der Waals surface area contributed by atoms with Gasteiger partial charge in [0.2, 0.25) is 0 Å². The van der Waals surface area contributed by atoms with Crippen molar-refractivity contribution in [3.8, 4) is 56.7 Å². The van der Waals surface area contributed by atoms with Crippen LogP contribution in [0.1, 0.15) is 10.5 Å². The molecule has 0 amide bonds. The molecule has 0 unspecified atom stereocenters. The van der Waals surface area contributed by atoms with Gasteiger partial charge in [0.25, 0.3) is 0 Å². The molecule has 3 N–H and O–H groups in total. The van der Waals surface area contributed by atoms with E-state index in [0.717, 1.165) is 0 Å². The first-order chi connectivity index (χ1) is 17.0. The van der Waals surface area contributed by atoms with E-state index in [-0.39, 0.29) is 37.3 Å². The summed E-state index contributed by atoms with van der Waals surface area (Å²) in [6, 6.07) is 27.7. The van der Waals surface area contributed by atoms with Gasteiger partial charge in [-0.05, 0) is 60.7 Å². The number of carboxylic acids is 1. The van der Waals surface area contributed by atoms with E-state index in [1.807, 2.05) is 36.4 Å². The summed E-state index contributed by atoms with van der Waals surface area (Å²) < 4.78 is 0. The number of carbonyl (C=O) groups is 1. The van der Waals surface area contributed by atoms with E-state index in [4.69, 9.17) is 4.98 Å². The molecule has 0 spiro atoms. The van der Waals surface area contributed by atoms with E-state index in [9.17, 15) is 20.1 Å². The number of pyridine rings is 3. The van der Waals surface area contributed by atoms with Crippen molar-refractivity contribution in [3.05, 3.63) is 103 Å². The van der Waals surface area contributed by atoms with Crippen molar-refractivity contribution in [1.29, 1.82) is 0 Å². The third-order valence-corrected chi connectivity index (χ3v) is 5.50. The maximum absolute atomic E-state index is 11.3. The van der Waals surface area contributed by atoms with Crippen LogP contribution >= 0.6 is 0 Å². The van der Waals surface area contributed by atoms with Crippen LogP contribution in [0.25, 0.3) is 45.2 Å². The molecule has 0 bridgehead atoms. The molecule has 179 valence electrons. The maximum atomic E-state index is 11.3. The average molecular weight is 654 g/mol. The minimum Gasteiger partial charge on any atom is -0.507 e. The zero-order valence-corrected chi connectivity index (χ0v) is 21.1. The Morgan fingerprint density at radius 2 is 0.972 bits per heavy atom. The Labute approximate surface area is 220 Å². The van der Waals surface area contributed by atoms with Crippen LogP contribution in [0, 0.1) is 0 Å². The van der Waals surface area contributed by atoms with Gasteiger partial charge in [-0.3, -0.25) is 0 Å². The number of benzene rings is 2. The molecule has 0 saturated carbocycles. The maximum Gasteiger partial charge on any atom is 0.354 e. The van der Waals surface area contributed by atoms with Crippen molar-refractivity contribution in [3.63, 3.8) is 0 Å². The van der Waals surface area contributed by atoms with Gasteiger partial charge in [0.05, 0.1) is 28.5 Å². The van der Waals surface area contributed by atoms with Crippen molar-refractivity contribution < 1.29 is 40.2 Å². The smallest absolute Gasteiger partial charge is 0.354 e. The molecule has 0 aliphatic rings. The molecule has 36 heavy (non-hydrogen) atoms. The topological polar surface area (TPSA) is 116 Å². The molecule has 5 aromatic rings. The summed E-state index contributed by atoms with van der Waals surface area (Å²) in [5.41, 5.74) is 4.07. The molecule has 3 aromatic heterocycles. The van der Waals surface area contributed by atoms with Gasteiger partial charge in [0.1, 0.15) is 17.2 Å². The Hall–Kier alpha value is -4.39. The first-order valence-electron chi connectivity index (χ1n) is 10.8. The molecule has 7 nitrogen and oxygen atoms in total. The molecular weight excluding hydrogens is 635 g/mol. The van der Waals surface area contributed by atoms with Gasteiger partial charge in [0.15, 0.2) is 0 Å². The Bertz CT molecular complexity index is 1570. The number of para-hydroxylation sites is 2. The Balaban J connectivity index is 0.00000304. The van der Waals surface area contributed by atoms with Crippen molar-refractivity contribution >= 4 is 5.97 Å². The zero-order chi connectivity index (χ0) is 24.4. The molecule has 0 saturated heterocycles. The van der Waals surface area contributed by atoms with Gasteiger partial charge in [-0.1, -0.05) is 36.4 Å². The van der Waals surface area contributed by atoms with Crippen LogP contribution < -0.4 is 0 Å². The number of hydrogen-bond acceptors (Lipinski definition) is 6. The van der Waals surface area contributed by atoms with Crippen LogP contribution in [0.15, 0.2) is 97.1 Å². The van der Waals surface area contributed by atoms with Crippen LogP contribution in [-0.4, -0.2) is 36.2 Å². The summed E-state index contributed by atoms with van der Waals surface area (Å²) in [6.07, 6.45) is 0. The fourth-order valence-corrected chi connectivity index (χ4v) is 3.81. The number of phenols is 2. The van der Waals surface area contributed by atoms with Crippen molar-refractivity contribution in [2.24, 2.45) is 0 Å². The van der Waals surface area contributed by atoms with Crippen molar-refractivity contribution in [2.75, 3.05) is 0 Å². The minimum atomic E-state index is -1.14. The second-order valence-electron chi connectivity index (χ2n) is 7.75. The van der Waals surface area contributed by atoms with Gasteiger partial charge in [-0.15, -0.1) is 0 Å². The predicted octanol–water partition coefficient (Wildman–Crippen LogP) is 5.65. The molecular formula is C28H19IrN3O4. The monoisotopic (exact) mass is 654 g/mol. The van der Waals surface area contributed by atoms with E-state index in [1.165, 1.54) is 6.07 Å². The number of phenolic OH excluding ortho intramolecular Hbond substituents is 2. The van der Waals surface area contributed by atoms with E-state index in [1.54, 1.807) is 54.6 Å². The normalized spacial score (nSPS) is 10.4. The summed E-state index contributed by atoms with van der Waals surface area (Å²) in [7, 11) is 0. The summed E-state index contributed by atoms with van der Waals surface area (Å²) in [5, 5.41) is 30.5. The molecule has 0 fully saturated rings. The first-order valence-corrected chi connectivity index (χ1v) is 10.8. The quantitative estimate of drug-likeness (QED) is 0.225. The number of hydrogen-bond donors (Lipinski definition) is 3. The molecule has 1 radical (unpaired) electrons. The Morgan fingerprint density at radius 3 is 1.56 bits per heavy atom. The molecule has 5 rings (SSSR count). The third kappa shape index (κ3) is 4.86. The van der Waals surface area contributed by atoms with Gasteiger partial charge in [-0.2, -0.15) is 0 Å². The van der Waals surface area contributed by atoms with Gasteiger partial charge in [-0.25, -0.2) is 19.7 Å². The Morgan fingerprint density at radius 1 is 0.528 bits per heavy atom. The molecule has 8 heteroatoms.